The van der Waals surface area contributed by atoms with Gasteiger partial charge in [0.2, 0.25) is 0 Å². The first-order valence-electron chi connectivity index (χ1n) is 6.00. The van der Waals surface area contributed by atoms with Crippen LogP contribution in [0.5, 0.6) is 0 Å². The van der Waals surface area contributed by atoms with Gasteiger partial charge in [-0.1, -0.05) is 12.2 Å². The average molecular weight is 296 g/mol. The zero-order chi connectivity index (χ0) is 13.8. The smallest absolute Gasteiger partial charge is 0.0667 e. The molecule has 4 nitrogen and oxygen atoms in total. The fourth-order valence-corrected chi connectivity index (χ4v) is 2.81. The van der Waals surface area contributed by atoms with Crippen LogP contribution in [0.3, 0.4) is 0 Å². The molecule has 0 aliphatic carbocycles. The topological polar surface area (TPSA) is 80.9 Å². The highest BCUT2D eigenvalue weighted by Gasteiger charge is 2.11. The number of thioether (sulfide) groups is 2. The third-order valence-electron chi connectivity index (χ3n) is 2.14. The fourth-order valence-electron chi connectivity index (χ4n) is 1.44. The van der Waals surface area contributed by atoms with E-state index in [9.17, 15) is 10.2 Å². The third-order valence-corrected chi connectivity index (χ3v) is 4.32. The summed E-state index contributed by atoms with van der Waals surface area (Å²) in [5, 5.41) is 36.6. The lowest BCUT2D eigenvalue weighted by Crippen LogP contribution is -2.16. The minimum atomic E-state index is -0.466. The van der Waals surface area contributed by atoms with E-state index < -0.39 is 12.2 Å². The van der Waals surface area contributed by atoms with Crippen LogP contribution in [0.1, 0.15) is 12.8 Å². The molecule has 0 amide bonds. The van der Waals surface area contributed by atoms with Gasteiger partial charge in [0, 0.05) is 23.0 Å². The van der Waals surface area contributed by atoms with E-state index in [0.29, 0.717) is 35.9 Å². The number of hydrogen-bond acceptors (Lipinski definition) is 6. The van der Waals surface area contributed by atoms with E-state index in [0.717, 1.165) is 5.57 Å². The maximum atomic E-state index is 9.69. The van der Waals surface area contributed by atoms with Gasteiger partial charge in [-0.15, -0.1) is 0 Å². The molecule has 0 aromatic heterocycles. The van der Waals surface area contributed by atoms with Crippen LogP contribution in [0.4, 0.5) is 0 Å². The molecule has 2 atom stereocenters. The van der Waals surface area contributed by atoms with Crippen molar-refractivity contribution in [2.75, 3.05) is 36.2 Å². The molecule has 2 unspecified atom stereocenters. The summed E-state index contributed by atoms with van der Waals surface area (Å²) in [6.07, 6.45) is 0.0398. The second-order valence-electron chi connectivity index (χ2n) is 4.06. The summed E-state index contributed by atoms with van der Waals surface area (Å²) in [6.45, 7) is 4.10. The van der Waals surface area contributed by atoms with Crippen molar-refractivity contribution in [2.24, 2.45) is 0 Å². The molecule has 0 aliphatic heterocycles. The summed E-state index contributed by atoms with van der Waals surface area (Å²) < 4.78 is 0. The Kier molecular flexibility index (Phi) is 12.5. The molecule has 0 heterocycles. The summed E-state index contributed by atoms with van der Waals surface area (Å²) in [5.74, 6) is 2.41. The van der Waals surface area contributed by atoms with Crippen molar-refractivity contribution < 1.29 is 20.4 Å². The second-order valence-corrected chi connectivity index (χ2v) is 6.36. The second kappa shape index (κ2) is 12.3. The van der Waals surface area contributed by atoms with Crippen molar-refractivity contribution in [3.05, 3.63) is 12.2 Å². The lowest BCUT2D eigenvalue weighted by atomic mass is 10.1. The molecular weight excluding hydrogens is 272 g/mol. The normalized spacial score (nSPS) is 14.4. The molecule has 0 aromatic rings. The Morgan fingerprint density at radius 1 is 0.889 bits per heavy atom. The Balaban J connectivity index is 3.61. The predicted octanol–water partition coefficient (Wildman–Crippen LogP) is 0.496. The van der Waals surface area contributed by atoms with Crippen molar-refractivity contribution in [2.45, 2.75) is 25.0 Å². The standard InChI is InChI=1S/C12H24O4S2/c1-10(6-11(15)8-17-4-2-13)7-12(16)9-18-5-3-14/h11-16H,1-9H2. The zero-order valence-corrected chi connectivity index (χ0v) is 12.3. The summed E-state index contributed by atoms with van der Waals surface area (Å²) in [6, 6.07) is 0. The van der Waals surface area contributed by atoms with Gasteiger partial charge in [-0.05, 0) is 12.8 Å². The summed E-state index contributed by atoms with van der Waals surface area (Å²) >= 11 is 3.01. The quantitative estimate of drug-likeness (QED) is 0.310. The molecule has 0 spiro atoms. The lowest BCUT2D eigenvalue weighted by Gasteiger charge is -2.15. The molecule has 108 valence electrons. The Morgan fingerprint density at radius 3 is 1.61 bits per heavy atom. The molecule has 0 aromatic carbocycles. The molecule has 0 rings (SSSR count). The van der Waals surface area contributed by atoms with Gasteiger partial charge in [-0.25, -0.2) is 0 Å². The minimum Gasteiger partial charge on any atom is -0.396 e. The van der Waals surface area contributed by atoms with Crippen LogP contribution in [-0.4, -0.2) is 68.9 Å². The maximum Gasteiger partial charge on any atom is 0.0667 e. The first-order chi connectivity index (χ1) is 8.60. The molecule has 6 heteroatoms. The van der Waals surface area contributed by atoms with Gasteiger partial charge in [0.15, 0.2) is 0 Å². The van der Waals surface area contributed by atoms with E-state index in [1.54, 1.807) is 0 Å². The van der Waals surface area contributed by atoms with E-state index >= 15 is 0 Å². The van der Waals surface area contributed by atoms with Gasteiger partial charge in [-0.2, -0.15) is 23.5 Å². The van der Waals surface area contributed by atoms with Gasteiger partial charge in [0.05, 0.1) is 25.4 Å². The van der Waals surface area contributed by atoms with Crippen molar-refractivity contribution in [1.29, 1.82) is 0 Å². The number of aliphatic hydroxyl groups excluding tert-OH is 4. The van der Waals surface area contributed by atoms with Crippen LogP contribution in [0, 0.1) is 0 Å². The highest BCUT2D eigenvalue weighted by Crippen LogP contribution is 2.16. The Bertz CT molecular complexity index is 194. The summed E-state index contributed by atoms with van der Waals surface area (Å²) in [7, 11) is 0. The maximum absolute atomic E-state index is 9.69. The fraction of sp³-hybridized carbons (Fsp3) is 0.833. The largest absolute Gasteiger partial charge is 0.396 e. The van der Waals surface area contributed by atoms with Gasteiger partial charge in [0.1, 0.15) is 0 Å². The van der Waals surface area contributed by atoms with Crippen LogP contribution in [0.25, 0.3) is 0 Å². The Labute approximate surface area is 117 Å². The monoisotopic (exact) mass is 296 g/mol. The SMILES string of the molecule is C=C(CC(O)CSCCO)CC(O)CSCCO. The molecule has 0 aliphatic rings. The van der Waals surface area contributed by atoms with E-state index in [-0.39, 0.29) is 13.2 Å². The summed E-state index contributed by atoms with van der Waals surface area (Å²) in [5.41, 5.74) is 0.837. The molecule has 0 bridgehead atoms. The van der Waals surface area contributed by atoms with Gasteiger partial charge in [0.25, 0.3) is 0 Å². The number of rotatable bonds is 12. The van der Waals surface area contributed by atoms with Crippen molar-refractivity contribution in [3.8, 4) is 0 Å². The first-order valence-corrected chi connectivity index (χ1v) is 8.31. The third kappa shape index (κ3) is 11.4. The van der Waals surface area contributed by atoms with Crippen LogP contribution in [0.2, 0.25) is 0 Å². The van der Waals surface area contributed by atoms with E-state index in [2.05, 4.69) is 6.58 Å². The lowest BCUT2D eigenvalue weighted by molar-refractivity contribution is 0.180. The molecule has 4 N–H and O–H groups in total. The number of hydrogen-bond donors (Lipinski definition) is 4. The van der Waals surface area contributed by atoms with Crippen molar-refractivity contribution in [3.63, 3.8) is 0 Å². The molecule has 0 radical (unpaired) electrons. The highest BCUT2D eigenvalue weighted by atomic mass is 32.2. The van der Waals surface area contributed by atoms with Crippen LogP contribution in [0.15, 0.2) is 12.2 Å². The highest BCUT2D eigenvalue weighted by molar-refractivity contribution is 7.99. The first kappa shape index (κ1) is 18.3. The molecule has 0 fully saturated rings. The Hall–Kier alpha value is 0.280. The minimum absolute atomic E-state index is 0.124. The van der Waals surface area contributed by atoms with Crippen LogP contribution < -0.4 is 0 Å². The summed E-state index contributed by atoms with van der Waals surface area (Å²) in [4.78, 5) is 0. The number of aliphatic hydroxyl groups is 4. The zero-order valence-electron chi connectivity index (χ0n) is 10.6. The van der Waals surface area contributed by atoms with Crippen molar-refractivity contribution in [1.82, 2.24) is 0 Å². The van der Waals surface area contributed by atoms with Gasteiger partial charge < -0.3 is 20.4 Å². The average Bonchev–Trinajstić information content (AvgIpc) is 2.29. The Morgan fingerprint density at radius 2 is 1.28 bits per heavy atom. The van der Waals surface area contributed by atoms with E-state index in [4.69, 9.17) is 10.2 Å². The molecule has 18 heavy (non-hydrogen) atoms. The molecule has 0 saturated heterocycles. The van der Waals surface area contributed by atoms with Crippen LogP contribution >= 0.6 is 23.5 Å². The van der Waals surface area contributed by atoms with Gasteiger partial charge >= 0.3 is 0 Å². The van der Waals surface area contributed by atoms with Crippen molar-refractivity contribution >= 4 is 23.5 Å². The molecular formula is C12H24O4S2. The van der Waals surface area contributed by atoms with E-state index in [1.165, 1.54) is 23.5 Å². The van der Waals surface area contributed by atoms with Crippen LogP contribution in [-0.2, 0) is 0 Å². The molecule has 0 saturated carbocycles. The van der Waals surface area contributed by atoms with E-state index in [1.807, 2.05) is 0 Å². The van der Waals surface area contributed by atoms with Gasteiger partial charge in [-0.3, -0.25) is 0 Å². The predicted molar refractivity (Wildman–Crippen MR) is 79.2 cm³/mol.